The van der Waals surface area contributed by atoms with E-state index in [9.17, 15) is 19.6 Å². The first kappa shape index (κ1) is 24.1. The van der Waals surface area contributed by atoms with Crippen LogP contribution in [0.3, 0.4) is 0 Å². The summed E-state index contributed by atoms with van der Waals surface area (Å²) < 4.78 is 5.21. The summed E-state index contributed by atoms with van der Waals surface area (Å²) in [6.07, 6.45) is 9.24. The molecule has 1 aromatic carbocycles. The van der Waals surface area contributed by atoms with Crippen molar-refractivity contribution < 1.29 is 24.1 Å². The Morgan fingerprint density at radius 1 is 1.00 bits per heavy atom. The molecule has 172 valence electrons. The monoisotopic (exact) mass is 451 g/mol. The number of nitrogens with one attached hydrogen (secondary N) is 2. The zero-order chi connectivity index (χ0) is 23.5. The van der Waals surface area contributed by atoms with Gasteiger partial charge in [-0.3, -0.25) is 14.6 Å². The number of rotatable bonds is 12. The Hall–Kier alpha value is -3.57. The topological polar surface area (TPSA) is 150 Å². The molecule has 0 aliphatic carbocycles. The summed E-state index contributed by atoms with van der Waals surface area (Å²) >= 11 is 0. The lowest BCUT2D eigenvalue weighted by atomic mass is 9.76. The number of carbonyl (C=O) groups is 2. The van der Waals surface area contributed by atoms with Crippen LogP contribution in [0, 0.1) is 0 Å². The van der Waals surface area contributed by atoms with Gasteiger partial charge in [-0.15, -0.1) is 0 Å². The number of amides is 2. The maximum atomic E-state index is 13.0. The van der Waals surface area contributed by atoms with Gasteiger partial charge in [-0.25, -0.2) is 9.97 Å². The van der Waals surface area contributed by atoms with Crippen LogP contribution in [0.15, 0.2) is 65.8 Å². The molecule has 2 atom stereocenters. The molecule has 0 fully saturated rings. The minimum Gasteiger partial charge on any atom is -0.449 e. The predicted octanol–water partition coefficient (Wildman–Crippen LogP) is 0.715. The van der Waals surface area contributed by atoms with Crippen LogP contribution in [0.2, 0.25) is 0 Å². The predicted molar refractivity (Wildman–Crippen MR) is 120 cm³/mol. The van der Waals surface area contributed by atoms with Gasteiger partial charge in [-0.1, -0.05) is 30.3 Å². The summed E-state index contributed by atoms with van der Waals surface area (Å²) in [5.74, 6) is -1.58. The maximum absolute atomic E-state index is 13.0. The Morgan fingerprint density at radius 3 is 2.48 bits per heavy atom. The zero-order valence-corrected chi connectivity index (χ0v) is 18.0. The van der Waals surface area contributed by atoms with Crippen molar-refractivity contribution in [2.75, 3.05) is 0 Å². The molecule has 0 aliphatic heterocycles. The van der Waals surface area contributed by atoms with Gasteiger partial charge in [0.15, 0.2) is 5.89 Å². The Balaban J connectivity index is 1.62. The highest BCUT2D eigenvalue weighted by molar-refractivity contribution is 6.43. The van der Waals surface area contributed by atoms with Gasteiger partial charge in [0.05, 0.1) is 18.3 Å². The van der Waals surface area contributed by atoms with Crippen molar-refractivity contribution in [3.8, 4) is 0 Å². The molecule has 4 N–H and O–H groups in total. The van der Waals surface area contributed by atoms with Crippen molar-refractivity contribution in [3.63, 3.8) is 0 Å². The van der Waals surface area contributed by atoms with Crippen molar-refractivity contribution in [2.24, 2.45) is 0 Å². The van der Waals surface area contributed by atoms with E-state index in [1.54, 1.807) is 0 Å². The number of nitrogens with zero attached hydrogens (tertiary/aromatic N) is 3. The van der Waals surface area contributed by atoms with Crippen LogP contribution in [0.25, 0.3) is 0 Å². The molecule has 10 nitrogen and oxygen atoms in total. The highest BCUT2D eigenvalue weighted by Crippen LogP contribution is 2.09. The van der Waals surface area contributed by atoms with E-state index in [1.165, 1.54) is 31.1 Å². The molecule has 2 amide bonds. The molecule has 0 spiro atoms. The van der Waals surface area contributed by atoms with Crippen LogP contribution in [0.4, 0.5) is 0 Å². The Bertz CT molecular complexity index is 989. The van der Waals surface area contributed by atoms with Crippen LogP contribution < -0.4 is 10.6 Å². The molecule has 11 heteroatoms. The van der Waals surface area contributed by atoms with E-state index >= 15 is 0 Å². The lowest BCUT2D eigenvalue weighted by Crippen LogP contribution is -2.54. The SMILES string of the molecule is O=C(NC(CCc1ncco1)C(=O)N[C@@H](CCCc1ccccc1)B(O)O)c1cnccn1. The van der Waals surface area contributed by atoms with Gasteiger partial charge in [0.2, 0.25) is 5.91 Å². The minimum atomic E-state index is -1.74. The third-order valence-electron chi connectivity index (χ3n) is 5.06. The highest BCUT2D eigenvalue weighted by atomic mass is 16.4. The van der Waals surface area contributed by atoms with Crippen molar-refractivity contribution in [1.29, 1.82) is 0 Å². The van der Waals surface area contributed by atoms with Gasteiger partial charge >= 0.3 is 7.12 Å². The number of carbonyl (C=O) groups excluding carboxylic acids is 2. The minimum absolute atomic E-state index is 0.0630. The largest absolute Gasteiger partial charge is 0.475 e. The van der Waals surface area contributed by atoms with Crippen LogP contribution in [0.1, 0.15) is 41.2 Å². The third kappa shape index (κ3) is 7.81. The second-order valence-corrected chi connectivity index (χ2v) is 7.49. The standard InChI is InChI=1S/C22H26BN5O5/c29-21(28-19(23(31)32)8-4-7-16-5-2-1-3-6-16)17(9-10-20-26-13-14-33-20)27-22(30)18-15-24-11-12-25-18/h1-3,5-6,11-15,17,19,31-32H,4,7-10H2,(H,27,30)(H,28,29)/t17?,19-/m0/s1. The average Bonchev–Trinajstić information content (AvgIpc) is 3.35. The van der Waals surface area contributed by atoms with E-state index in [2.05, 4.69) is 25.6 Å². The van der Waals surface area contributed by atoms with Gasteiger partial charge in [-0.05, 0) is 31.2 Å². The Labute approximate surface area is 191 Å². The fourth-order valence-electron chi connectivity index (χ4n) is 3.31. The van der Waals surface area contributed by atoms with Gasteiger partial charge in [0.1, 0.15) is 18.0 Å². The molecule has 2 heterocycles. The number of oxazole rings is 1. The number of aromatic nitrogens is 3. The molecule has 0 saturated carbocycles. The zero-order valence-electron chi connectivity index (χ0n) is 18.0. The van der Waals surface area contributed by atoms with Crippen molar-refractivity contribution in [1.82, 2.24) is 25.6 Å². The number of aryl methyl sites for hydroxylation is 2. The van der Waals surface area contributed by atoms with Gasteiger partial charge in [0, 0.05) is 18.8 Å². The molecule has 0 bridgehead atoms. The second kappa shape index (κ2) is 12.5. The molecule has 1 unspecified atom stereocenters. The normalized spacial score (nSPS) is 12.5. The fourth-order valence-corrected chi connectivity index (χ4v) is 3.31. The van der Waals surface area contributed by atoms with Crippen molar-refractivity contribution in [2.45, 2.75) is 44.1 Å². The number of benzene rings is 1. The number of hydrogen-bond donors (Lipinski definition) is 4. The first-order chi connectivity index (χ1) is 16.0. The maximum Gasteiger partial charge on any atom is 0.475 e. The molecule has 0 radical (unpaired) electrons. The average molecular weight is 451 g/mol. The summed E-state index contributed by atoms with van der Waals surface area (Å²) in [6, 6.07) is 8.81. The lowest BCUT2D eigenvalue weighted by molar-refractivity contribution is -0.123. The summed E-state index contributed by atoms with van der Waals surface area (Å²) in [6.45, 7) is 0. The van der Waals surface area contributed by atoms with E-state index in [1.807, 2.05) is 30.3 Å². The number of hydrogen-bond acceptors (Lipinski definition) is 8. The second-order valence-electron chi connectivity index (χ2n) is 7.49. The van der Waals surface area contributed by atoms with Crippen LogP contribution in [0.5, 0.6) is 0 Å². The van der Waals surface area contributed by atoms with Crippen molar-refractivity contribution in [3.05, 3.63) is 78.5 Å². The Morgan fingerprint density at radius 2 is 1.82 bits per heavy atom. The quantitative estimate of drug-likeness (QED) is 0.294. The molecule has 2 aromatic heterocycles. The Kier molecular flexibility index (Phi) is 9.10. The molecule has 0 saturated heterocycles. The summed E-state index contributed by atoms with van der Waals surface area (Å²) in [5.41, 5.74) is 1.18. The first-order valence-electron chi connectivity index (χ1n) is 10.7. The fraction of sp³-hybridized carbons (Fsp3) is 0.318. The van der Waals surface area contributed by atoms with Gasteiger partial charge in [0.25, 0.3) is 5.91 Å². The smallest absolute Gasteiger partial charge is 0.449 e. The lowest BCUT2D eigenvalue weighted by Gasteiger charge is -2.23. The van der Waals surface area contributed by atoms with E-state index in [4.69, 9.17) is 4.42 Å². The molecule has 3 rings (SSSR count). The van der Waals surface area contributed by atoms with Crippen LogP contribution in [-0.4, -0.2) is 55.9 Å². The highest BCUT2D eigenvalue weighted by Gasteiger charge is 2.29. The molecular formula is C22H26BN5O5. The van der Waals surface area contributed by atoms with Gasteiger partial charge < -0.3 is 25.1 Å². The van der Waals surface area contributed by atoms with Gasteiger partial charge in [-0.2, -0.15) is 0 Å². The molecule has 3 aromatic rings. The molecule has 33 heavy (non-hydrogen) atoms. The summed E-state index contributed by atoms with van der Waals surface area (Å²) in [4.78, 5) is 37.4. The van der Waals surface area contributed by atoms with E-state index in [0.717, 1.165) is 12.0 Å². The van der Waals surface area contributed by atoms with Crippen molar-refractivity contribution >= 4 is 18.9 Å². The van der Waals surface area contributed by atoms with Crippen LogP contribution >= 0.6 is 0 Å². The summed E-state index contributed by atoms with van der Waals surface area (Å²) in [5, 5.41) is 24.9. The van der Waals surface area contributed by atoms with E-state index in [0.29, 0.717) is 25.2 Å². The first-order valence-corrected chi connectivity index (χ1v) is 10.7. The van der Waals surface area contributed by atoms with E-state index < -0.39 is 30.9 Å². The molecular weight excluding hydrogens is 425 g/mol. The third-order valence-corrected chi connectivity index (χ3v) is 5.06. The van der Waals surface area contributed by atoms with Crippen LogP contribution in [-0.2, 0) is 17.6 Å². The molecule has 0 aliphatic rings. The summed E-state index contributed by atoms with van der Waals surface area (Å²) in [7, 11) is -1.74. The van der Waals surface area contributed by atoms with E-state index in [-0.39, 0.29) is 12.1 Å².